The minimum atomic E-state index is 0.166. The number of ketones is 1. The maximum absolute atomic E-state index is 10.3. The van der Waals surface area contributed by atoms with Crippen LogP contribution in [0, 0.1) is 0 Å². The van der Waals surface area contributed by atoms with Gasteiger partial charge in [-0.2, -0.15) is 0 Å². The van der Waals surface area contributed by atoms with Crippen LogP contribution in [-0.4, -0.2) is 19.0 Å². The van der Waals surface area contributed by atoms with E-state index in [2.05, 4.69) is 6.58 Å². The number of carbonyl (C=O) groups is 1. The smallest absolute Gasteiger partial charge is 0.132 e. The van der Waals surface area contributed by atoms with Gasteiger partial charge >= 0.3 is 0 Å². The summed E-state index contributed by atoms with van der Waals surface area (Å²) in [5.41, 5.74) is 0. The summed E-state index contributed by atoms with van der Waals surface area (Å²) in [5.74, 6) is 0.166. The lowest BCUT2D eigenvalue weighted by Crippen LogP contribution is -1.99. The van der Waals surface area contributed by atoms with Crippen molar-refractivity contribution in [2.45, 2.75) is 13.3 Å². The molecule has 0 aliphatic carbocycles. The fraction of sp³-hybridized carbons (Fsp3) is 0.571. The van der Waals surface area contributed by atoms with Gasteiger partial charge in [0.25, 0.3) is 0 Å². The van der Waals surface area contributed by atoms with E-state index in [4.69, 9.17) is 4.74 Å². The standard InChI is InChI=1S/C7H12O2/c1-3-5-9-6-4-7(2)8/h3H,1,4-6H2,2H3. The van der Waals surface area contributed by atoms with Crippen LogP contribution < -0.4 is 0 Å². The predicted octanol–water partition coefficient (Wildman–Crippen LogP) is 1.17. The quantitative estimate of drug-likeness (QED) is 0.410. The molecule has 2 nitrogen and oxygen atoms in total. The van der Waals surface area contributed by atoms with E-state index < -0.39 is 0 Å². The highest BCUT2D eigenvalue weighted by Gasteiger charge is 1.90. The molecule has 0 spiro atoms. The normalized spacial score (nSPS) is 9.00. The summed E-state index contributed by atoms with van der Waals surface area (Å²) in [4.78, 5) is 10.3. The third-order valence-corrected chi connectivity index (χ3v) is 0.834. The first kappa shape index (κ1) is 8.37. The van der Waals surface area contributed by atoms with Gasteiger partial charge in [-0.3, -0.25) is 4.79 Å². The van der Waals surface area contributed by atoms with Crippen LogP contribution in [0.25, 0.3) is 0 Å². The SMILES string of the molecule is C=CCOCCC(C)=O. The van der Waals surface area contributed by atoms with Gasteiger partial charge in [-0.15, -0.1) is 6.58 Å². The van der Waals surface area contributed by atoms with Gasteiger partial charge in [0.05, 0.1) is 13.2 Å². The van der Waals surface area contributed by atoms with E-state index in [1.165, 1.54) is 0 Å². The summed E-state index contributed by atoms with van der Waals surface area (Å²) in [5, 5.41) is 0. The van der Waals surface area contributed by atoms with Crippen molar-refractivity contribution in [2.24, 2.45) is 0 Å². The summed E-state index contributed by atoms with van der Waals surface area (Å²) in [6.45, 7) is 6.07. The van der Waals surface area contributed by atoms with Crippen LogP contribution >= 0.6 is 0 Å². The van der Waals surface area contributed by atoms with Crippen LogP contribution in [0.4, 0.5) is 0 Å². The Bertz CT molecular complexity index is 97.1. The average molecular weight is 128 g/mol. The topological polar surface area (TPSA) is 26.3 Å². The molecule has 0 aromatic carbocycles. The van der Waals surface area contributed by atoms with Crippen LogP contribution in [0.2, 0.25) is 0 Å². The van der Waals surface area contributed by atoms with Gasteiger partial charge in [0.2, 0.25) is 0 Å². The maximum atomic E-state index is 10.3. The summed E-state index contributed by atoms with van der Waals surface area (Å²) in [6, 6.07) is 0. The summed E-state index contributed by atoms with van der Waals surface area (Å²) in [7, 11) is 0. The van der Waals surface area contributed by atoms with Crippen LogP contribution in [-0.2, 0) is 9.53 Å². The van der Waals surface area contributed by atoms with Gasteiger partial charge in [-0.25, -0.2) is 0 Å². The van der Waals surface area contributed by atoms with Crippen LogP contribution in [0.5, 0.6) is 0 Å². The van der Waals surface area contributed by atoms with E-state index in [9.17, 15) is 4.79 Å². The zero-order chi connectivity index (χ0) is 7.11. The number of ether oxygens (including phenoxy) is 1. The molecule has 0 fully saturated rings. The highest BCUT2D eigenvalue weighted by atomic mass is 16.5. The van der Waals surface area contributed by atoms with E-state index >= 15 is 0 Å². The molecule has 0 amide bonds. The van der Waals surface area contributed by atoms with Crippen molar-refractivity contribution in [3.05, 3.63) is 12.7 Å². The molecule has 0 aromatic rings. The first-order valence-corrected chi connectivity index (χ1v) is 2.95. The van der Waals surface area contributed by atoms with E-state index in [0.29, 0.717) is 19.6 Å². The van der Waals surface area contributed by atoms with Gasteiger partial charge in [0, 0.05) is 6.42 Å². The predicted molar refractivity (Wildman–Crippen MR) is 36.3 cm³/mol. The van der Waals surface area contributed by atoms with Crippen molar-refractivity contribution in [2.75, 3.05) is 13.2 Å². The lowest BCUT2D eigenvalue weighted by atomic mass is 10.3. The average Bonchev–Trinajstić information content (AvgIpc) is 1.80. The molecule has 9 heavy (non-hydrogen) atoms. The van der Waals surface area contributed by atoms with Gasteiger partial charge in [0.1, 0.15) is 5.78 Å². The molecule has 52 valence electrons. The second-order valence-corrected chi connectivity index (χ2v) is 1.82. The molecule has 0 saturated heterocycles. The van der Waals surface area contributed by atoms with Gasteiger partial charge in [-0.1, -0.05) is 6.08 Å². The van der Waals surface area contributed by atoms with E-state index in [1.54, 1.807) is 13.0 Å². The zero-order valence-corrected chi connectivity index (χ0v) is 5.72. The molecule has 0 bridgehead atoms. The molecule has 0 unspecified atom stereocenters. The second kappa shape index (κ2) is 5.51. The van der Waals surface area contributed by atoms with Gasteiger partial charge in [-0.05, 0) is 6.92 Å². The van der Waals surface area contributed by atoms with E-state index in [1.807, 2.05) is 0 Å². The molecule has 2 heteroatoms. The highest BCUT2D eigenvalue weighted by molar-refractivity contribution is 5.75. The summed E-state index contributed by atoms with van der Waals surface area (Å²) < 4.78 is 4.95. The number of Topliss-reactive ketones (excluding diaryl/α,β-unsaturated/α-hetero) is 1. The van der Waals surface area contributed by atoms with Gasteiger partial charge < -0.3 is 4.74 Å². The molecule has 0 rings (SSSR count). The molecular weight excluding hydrogens is 116 g/mol. The molecule has 0 N–H and O–H groups in total. The Morgan fingerprint density at radius 1 is 1.78 bits per heavy atom. The number of hydrogen-bond donors (Lipinski definition) is 0. The lowest BCUT2D eigenvalue weighted by molar-refractivity contribution is -0.117. The van der Waals surface area contributed by atoms with Crippen LogP contribution in [0.1, 0.15) is 13.3 Å². The molecule has 0 saturated carbocycles. The maximum Gasteiger partial charge on any atom is 0.132 e. The molecule has 0 radical (unpaired) electrons. The number of carbonyl (C=O) groups excluding carboxylic acids is 1. The first-order valence-electron chi connectivity index (χ1n) is 2.95. The van der Waals surface area contributed by atoms with Crippen molar-refractivity contribution < 1.29 is 9.53 Å². The Hall–Kier alpha value is -0.630. The third kappa shape index (κ3) is 7.37. The van der Waals surface area contributed by atoms with Crippen molar-refractivity contribution in [1.82, 2.24) is 0 Å². The monoisotopic (exact) mass is 128 g/mol. The summed E-state index contributed by atoms with van der Waals surface area (Å²) in [6.07, 6.45) is 2.17. The van der Waals surface area contributed by atoms with Crippen molar-refractivity contribution in [1.29, 1.82) is 0 Å². The Labute approximate surface area is 55.5 Å². The number of hydrogen-bond acceptors (Lipinski definition) is 2. The molecular formula is C7H12O2. The molecule has 0 heterocycles. The molecule has 0 aromatic heterocycles. The Morgan fingerprint density at radius 3 is 2.89 bits per heavy atom. The Kier molecular flexibility index (Phi) is 5.12. The van der Waals surface area contributed by atoms with Crippen LogP contribution in [0.15, 0.2) is 12.7 Å². The van der Waals surface area contributed by atoms with E-state index in [-0.39, 0.29) is 5.78 Å². The largest absolute Gasteiger partial charge is 0.377 e. The fourth-order valence-electron chi connectivity index (χ4n) is 0.383. The molecule has 0 atom stereocenters. The third-order valence-electron chi connectivity index (χ3n) is 0.834. The zero-order valence-electron chi connectivity index (χ0n) is 5.72. The number of rotatable bonds is 5. The minimum absolute atomic E-state index is 0.166. The van der Waals surface area contributed by atoms with Crippen LogP contribution in [0.3, 0.4) is 0 Å². The lowest BCUT2D eigenvalue weighted by Gasteiger charge is -1.95. The van der Waals surface area contributed by atoms with Gasteiger partial charge in [0.15, 0.2) is 0 Å². The second-order valence-electron chi connectivity index (χ2n) is 1.82. The summed E-state index contributed by atoms with van der Waals surface area (Å²) >= 11 is 0. The van der Waals surface area contributed by atoms with E-state index in [0.717, 1.165) is 0 Å². The fourth-order valence-corrected chi connectivity index (χ4v) is 0.383. The van der Waals surface area contributed by atoms with Crippen molar-refractivity contribution in [3.8, 4) is 0 Å². The highest BCUT2D eigenvalue weighted by Crippen LogP contribution is 1.83. The van der Waals surface area contributed by atoms with Crippen molar-refractivity contribution >= 4 is 5.78 Å². The van der Waals surface area contributed by atoms with Crippen molar-refractivity contribution in [3.63, 3.8) is 0 Å². The molecule has 0 aliphatic heterocycles. The Balaban J connectivity index is 2.91. The Morgan fingerprint density at radius 2 is 2.44 bits per heavy atom. The minimum Gasteiger partial charge on any atom is -0.377 e. The first-order chi connectivity index (χ1) is 4.27. The molecule has 0 aliphatic rings.